The number of nitrogens with zero attached hydrogens (tertiary/aromatic N) is 2. The molecular weight excluding hydrogens is 318 g/mol. The maximum Gasteiger partial charge on any atom is 0.253 e. The van der Waals surface area contributed by atoms with E-state index >= 15 is 0 Å². The van der Waals surface area contributed by atoms with Gasteiger partial charge in [0.15, 0.2) is 0 Å². The minimum Gasteiger partial charge on any atom is -0.348 e. The molecule has 5 heteroatoms. The van der Waals surface area contributed by atoms with Gasteiger partial charge in [0.1, 0.15) is 0 Å². The molecule has 2 fully saturated rings. The minimum absolute atomic E-state index is 0.0375. The average Bonchev–Trinajstić information content (AvgIpc) is 3.10. The van der Waals surface area contributed by atoms with Crippen molar-refractivity contribution in [2.24, 2.45) is 5.92 Å². The summed E-state index contributed by atoms with van der Waals surface area (Å²) in [6.45, 7) is 3.35. The van der Waals surface area contributed by atoms with Gasteiger partial charge in [0.05, 0.1) is 5.56 Å². The van der Waals surface area contributed by atoms with E-state index in [9.17, 15) is 4.79 Å². The van der Waals surface area contributed by atoms with Crippen molar-refractivity contribution >= 4 is 27.4 Å². The third kappa shape index (κ3) is 2.05. The maximum atomic E-state index is 12.4. The van der Waals surface area contributed by atoms with E-state index in [1.807, 2.05) is 35.0 Å². The fourth-order valence-electron chi connectivity index (χ4n) is 3.41. The predicted molar refractivity (Wildman–Crippen MR) is 80.9 cm³/mol. The summed E-state index contributed by atoms with van der Waals surface area (Å²) in [6.07, 6.45) is 5.08. The second kappa shape index (κ2) is 4.60. The van der Waals surface area contributed by atoms with Crippen molar-refractivity contribution in [3.8, 4) is 0 Å². The zero-order chi connectivity index (χ0) is 13.7. The first-order valence-electron chi connectivity index (χ1n) is 6.99. The summed E-state index contributed by atoms with van der Waals surface area (Å²) in [7, 11) is 0. The highest BCUT2D eigenvalue weighted by Crippen LogP contribution is 2.28. The lowest BCUT2D eigenvalue weighted by Crippen LogP contribution is -2.43. The Balaban J connectivity index is 1.54. The molecule has 104 valence electrons. The number of halogens is 1. The van der Waals surface area contributed by atoms with Crippen molar-refractivity contribution in [3.63, 3.8) is 0 Å². The highest BCUT2D eigenvalue weighted by Gasteiger charge is 2.38. The number of carbonyl (C=O) groups is 1. The van der Waals surface area contributed by atoms with Gasteiger partial charge in [-0.3, -0.25) is 4.79 Å². The lowest BCUT2D eigenvalue weighted by molar-refractivity contribution is 0.0924. The normalized spacial score (nSPS) is 28.1. The molecule has 2 unspecified atom stereocenters. The molecule has 2 aliphatic rings. The van der Waals surface area contributed by atoms with Gasteiger partial charge in [-0.2, -0.15) is 0 Å². The van der Waals surface area contributed by atoms with Crippen LogP contribution in [0.3, 0.4) is 0 Å². The number of aromatic nitrogens is 1. The largest absolute Gasteiger partial charge is 0.348 e. The summed E-state index contributed by atoms with van der Waals surface area (Å²) in [5, 5.41) is 3.19. The molecular formula is C15H16BrN3O. The first-order valence-corrected chi connectivity index (χ1v) is 7.79. The van der Waals surface area contributed by atoms with Crippen LogP contribution < -0.4 is 5.32 Å². The minimum atomic E-state index is 0.0375. The highest BCUT2D eigenvalue weighted by molar-refractivity contribution is 9.10. The Morgan fingerprint density at radius 1 is 1.30 bits per heavy atom. The number of hydrogen-bond donors (Lipinski definition) is 1. The van der Waals surface area contributed by atoms with E-state index in [4.69, 9.17) is 0 Å². The third-order valence-corrected chi connectivity index (χ3v) is 4.90. The fraction of sp³-hybridized carbons (Fsp3) is 0.400. The van der Waals surface area contributed by atoms with Crippen LogP contribution in [0.5, 0.6) is 0 Å². The Hall–Kier alpha value is -1.33. The molecule has 4 heterocycles. The molecule has 0 radical (unpaired) electrons. The van der Waals surface area contributed by atoms with Gasteiger partial charge >= 0.3 is 0 Å². The monoisotopic (exact) mass is 333 g/mol. The number of fused-ring (bicyclic) bond motifs is 3. The van der Waals surface area contributed by atoms with Gasteiger partial charge in [0.2, 0.25) is 0 Å². The first kappa shape index (κ1) is 12.4. The zero-order valence-corrected chi connectivity index (χ0v) is 12.6. The van der Waals surface area contributed by atoms with Crippen LogP contribution in [0.15, 0.2) is 35.1 Å². The summed E-state index contributed by atoms with van der Waals surface area (Å²) in [5.41, 5.74) is 1.80. The molecule has 2 aromatic rings. The smallest absolute Gasteiger partial charge is 0.253 e. The van der Waals surface area contributed by atoms with Crippen LogP contribution in [0, 0.1) is 5.92 Å². The molecule has 4 nitrogen and oxygen atoms in total. The number of hydrogen-bond acceptors (Lipinski definition) is 2. The molecule has 2 aliphatic heterocycles. The molecule has 0 saturated carbocycles. The van der Waals surface area contributed by atoms with E-state index in [0.717, 1.165) is 28.6 Å². The van der Waals surface area contributed by atoms with Crippen LogP contribution in [-0.2, 0) is 0 Å². The molecule has 0 aliphatic carbocycles. The zero-order valence-electron chi connectivity index (χ0n) is 11.1. The summed E-state index contributed by atoms with van der Waals surface area (Å²) < 4.78 is 3.00. The number of carbonyl (C=O) groups excluding carboxylic acids is 1. The predicted octanol–water partition coefficient (Wildman–Crippen LogP) is 2.14. The van der Waals surface area contributed by atoms with Crippen molar-refractivity contribution in [2.75, 3.05) is 19.6 Å². The van der Waals surface area contributed by atoms with E-state index in [1.165, 1.54) is 13.0 Å². The lowest BCUT2D eigenvalue weighted by Gasteiger charge is -2.23. The van der Waals surface area contributed by atoms with Gasteiger partial charge < -0.3 is 14.6 Å². The summed E-state index contributed by atoms with van der Waals surface area (Å²) in [4.78, 5) is 14.8. The number of amides is 1. The summed E-state index contributed by atoms with van der Waals surface area (Å²) in [6, 6.07) is 6.22. The van der Waals surface area contributed by atoms with Crippen LogP contribution in [0.2, 0.25) is 0 Å². The topological polar surface area (TPSA) is 36.8 Å². The number of pyridine rings is 1. The van der Waals surface area contributed by atoms with Crippen molar-refractivity contribution in [2.45, 2.75) is 12.5 Å². The number of rotatable bonds is 2. The van der Waals surface area contributed by atoms with E-state index in [-0.39, 0.29) is 5.91 Å². The first-order chi connectivity index (χ1) is 9.69. The Kier molecular flexibility index (Phi) is 2.86. The van der Waals surface area contributed by atoms with Crippen molar-refractivity contribution in [1.82, 2.24) is 14.6 Å². The second-order valence-corrected chi connectivity index (χ2v) is 6.71. The van der Waals surface area contributed by atoms with Crippen LogP contribution in [0.1, 0.15) is 16.8 Å². The second-order valence-electron chi connectivity index (χ2n) is 5.80. The van der Waals surface area contributed by atoms with Crippen LogP contribution in [0.4, 0.5) is 0 Å². The van der Waals surface area contributed by atoms with Crippen LogP contribution in [0.25, 0.3) is 5.52 Å². The van der Waals surface area contributed by atoms with E-state index < -0.39 is 0 Å². The van der Waals surface area contributed by atoms with Gasteiger partial charge in [-0.25, -0.2) is 0 Å². The molecule has 2 bridgehead atoms. The van der Waals surface area contributed by atoms with E-state index in [0.29, 0.717) is 12.0 Å². The Morgan fingerprint density at radius 2 is 2.20 bits per heavy atom. The maximum absolute atomic E-state index is 12.4. The summed E-state index contributed by atoms with van der Waals surface area (Å²) in [5.74, 6) is 0.680. The summed E-state index contributed by atoms with van der Waals surface area (Å²) >= 11 is 3.45. The van der Waals surface area contributed by atoms with Crippen LogP contribution >= 0.6 is 15.9 Å². The Labute approximate surface area is 125 Å². The highest BCUT2D eigenvalue weighted by atomic mass is 79.9. The molecule has 2 aromatic heterocycles. The fourth-order valence-corrected chi connectivity index (χ4v) is 3.86. The quantitative estimate of drug-likeness (QED) is 0.914. The van der Waals surface area contributed by atoms with Gasteiger partial charge in [-0.05, 0) is 53.0 Å². The molecule has 2 saturated heterocycles. The standard InChI is InChI=1S/C15H16BrN3O/c16-12-5-13-2-1-11(7-19(13)8-12)15(20)17-14-9-18-4-3-10(14)6-18/h1-2,5,7-8,10,14H,3-4,6,9H2,(H,17,20)/t10-,14?/m0/s1. The van der Waals surface area contributed by atoms with Gasteiger partial charge in [-0.1, -0.05) is 0 Å². The third-order valence-electron chi connectivity index (χ3n) is 4.47. The average molecular weight is 334 g/mol. The lowest BCUT2D eigenvalue weighted by atomic mass is 10.00. The number of nitrogens with one attached hydrogen (secondary N) is 1. The van der Waals surface area contributed by atoms with Crippen molar-refractivity contribution < 1.29 is 4.79 Å². The number of piperidine rings is 1. The van der Waals surface area contributed by atoms with E-state index in [2.05, 4.69) is 26.1 Å². The Bertz CT molecular complexity index is 681. The van der Waals surface area contributed by atoms with Crippen molar-refractivity contribution in [3.05, 3.63) is 40.6 Å². The molecule has 3 atom stereocenters. The molecule has 1 N–H and O–H groups in total. The molecule has 0 aromatic carbocycles. The molecule has 20 heavy (non-hydrogen) atoms. The molecule has 1 amide bonds. The van der Waals surface area contributed by atoms with Gasteiger partial charge in [0.25, 0.3) is 5.91 Å². The Morgan fingerprint density at radius 3 is 2.95 bits per heavy atom. The van der Waals surface area contributed by atoms with E-state index in [1.54, 1.807) is 0 Å². The van der Waals surface area contributed by atoms with Gasteiger partial charge in [0, 0.05) is 41.5 Å². The van der Waals surface area contributed by atoms with Crippen molar-refractivity contribution in [1.29, 1.82) is 0 Å². The molecule has 4 rings (SSSR count). The molecule has 0 spiro atoms. The van der Waals surface area contributed by atoms with Gasteiger partial charge in [-0.15, -0.1) is 0 Å². The SMILES string of the molecule is O=C(NC1CN2CC[C@H]1C2)c1ccc2cc(Br)cn2c1. The van der Waals surface area contributed by atoms with Crippen LogP contribution in [-0.4, -0.2) is 40.9 Å².